The first-order valence-electron chi connectivity index (χ1n) is 8.97. The van der Waals surface area contributed by atoms with Crippen molar-refractivity contribution in [3.8, 4) is 11.5 Å². The third kappa shape index (κ3) is 5.20. The maximum atomic E-state index is 12.4. The molecule has 0 atom stereocenters. The monoisotopic (exact) mass is 378 g/mol. The second kappa shape index (κ2) is 8.85. The lowest BCUT2D eigenvalue weighted by atomic mass is 10.2. The molecule has 144 valence electrons. The van der Waals surface area contributed by atoms with Gasteiger partial charge < -0.3 is 20.4 Å². The van der Waals surface area contributed by atoms with Crippen LogP contribution < -0.4 is 16.0 Å². The summed E-state index contributed by atoms with van der Waals surface area (Å²) in [5.41, 5.74) is 2.40. The van der Waals surface area contributed by atoms with E-state index >= 15 is 0 Å². The number of nitrogens with one attached hydrogen (secondary N) is 3. The highest BCUT2D eigenvalue weighted by Crippen LogP contribution is 2.22. The molecule has 2 aromatic carbocycles. The van der Waals surface area contributed by atoms with Crippen molar-refractivity contribution < 1.29 is 14.0 Å². The molecule has 7 nitrogen and oxygen atoms in total. The molecule has 3 amide bonds. The number of oxazole rings is 1. The number of hydrogen-bond acceptors (Lipinski definition) is 4. The van der Waals surface area contributed by atoms with Gasteiger partial charge in [-0.1, -0.05) is 30.3 Å². The third-order valence-electron chi connectivity index (χ3n) is 3.78. The van der Waals surface area contributed by atoms with Crippen molar-refractivity contribution in [2.75, 3.05) is 10.6 Å². The van der Waals surface area contributed by atoms with Gasteiger partial charge in [0.25, 0.3) is 0 Å². The summed E-state index contributed by atoms with van der Waals surface area (Å²) in [5.74, 6) is 0.210. The lowest BCUT2D eigenvalue weighted by Crippen LogP contribution is -2.34. The minimum Gasteiger partial charge on any atom is -0.444 e. The predicted molar refractivity (Wildman–Crippen MR) is 108 cm³/mol. The lowest BCUT2D eigenvalue weighted by Gasteiger charge is -2.14. The Labute approximate surface area is 163 Å². The summed E-state index contributed by atoms with van der Waals surface area (Å²) in [6.07, 6.45) is 1.53. The number of benzene rings is 2. The number of para-hydroxylation sites is 2. The zero-order valence-corrected chi connectivity index (χ0v) is 15.7. The molecule has 0 saturated heterocycles. The highest BCUT2D eigenvalue weighted by atomic mass is 16.3. The Morgan fingerprint density at radius 1 is 0.964 bits per heavy atom. The first-order chi connectivity index (χ1) is 13.5. The Balaban J connectivity index is 1.64. The van der Waals surface area contributed by atoms with Crippen LogP contribution >= 0.6 is 0 Å². The second-order valence-corrected chi connectivity index (χ2v) is 6.53. The molecule has 3 rings (SSSR count). The number of rotatable bonds is 6. The molecule has 1 heterocycles. The molecule has 3 aromatic rings. The number of nitrogens with zero attached hydrogens (tertiary/aromatic N) is 1. The molecule has 7 heteroatoms. The summed E-state index contributed by atoms with van der Waals surface area (Å²) in [5, 5.41) is 8.29. The summed E-state index contributed by atoms with van der Waals surface area (Å²) in [7, 11) is 0. The largest absolute Gasteiger partial charge is 0.444 e. The van der Waals surface area contributed by atoms with Gasteiger partial charge in [-0.15, -0.1) is 0 Å². The Morgan fingerprint density at radius 2 is 1.61 bits per heavy atom. The van der Waals surface area contributed by atoms with Gasteiger partial charge in [0.2, 0.25) is 11.8 Å². The van der Waals surface area contributed by atoms with Crippen LogP contribution in [0, 0.1) is 0 Å². The minimum absolute atomic E-state index is 0.00716. The van der Waals surface area contributed by atoms with Crippen LogP contribution in [0.4, 0.5) is 16.2 Å². The van der Waals surface area contributed by atoms with Crippen molar-refractivity contribution in [2.24, 2.45) is 0 Å². The highest BCUT2D eigenvalue weighted by molar-refractivity contribution is 5.99. The number of carbonyl (C=O) groups excluding carboxylic acids is 2. The smallest absolute Gasteiger partial charge is 0.319 e. The van der Waals surface area contributed by atoms with E-state index in [9.17, 15) is 9.59 Å². The van der Waals surface area contributed by atoms with Gasteiger partial charge in [-0.3, -0.25) is 4.79 Å². The van der Waals surface area contributed by atoms with Gasteiger partial charge in [0.05, 0.1) is 23.5 Å². The van der Waals surface area contributed by atoms with E-state index in [-0.39, 0.29) is 24.4 Å². The Hall–Kier alpha value is -3.61. The molecule has 0 spiro atoms. The van der Waals surface area contributed by atoms with Gasteiger partial charge in [0, 0.05) is 11.6 Å². The molecule has 0 saturated carbocycles. The van der Waals surface area contributed by atoms with Gasteiger partial charge in [0.1, 0.15) is 6.26 Å². The molecule has 0 fully saturated rings. The molecule has 0 bridgehead atoms. The van der Waals surface area contributed by atoms with Crippen molar-refractivity contribution >= 4 is 23.3 Å². The fourth-order valence-electron chi connectivity index (χ4n) is 2.58. The average molecular weight is 378 g/mol. The zero-order chi connectivity index (χ0) is 19.9. The molecule has 0 aliphatic heterocycles. The van der Waals surface area contributed by atoms with Gasteiger partial charge >= 0.3 is 6.03 Å². The first kappa shape index (κ1) is 19.2. The number of urea groups is 1. The van der Waals surface area contributed by atoms with Gasteiger partial charge in [-0.25, -0.2) is 9.78 Å². The van der Waals surface area contributed by atoms with Crippen molar-refractivity contribution in [1.29, 1.82) is 0 Å². The maximum Gasteiger partial charge on any atom is 0.319 e. The molecule has 0 unspecified atom stereocenters. The van der Waals surface area contributed by atoms with Crippen molar-refractivity contribution in [3.63, 3.8) is 0 Å². The third-order valence-corrected chi connectivity index (χ3v) is 3.78. The molecule has 28 heavy (non-hydrogen) atoms. The van der Waals surface area contributed by atoms with E-state index in [2.05, 4.69) is 20.9 Å². The van der Waals surface area contributed by atoms with E-state index in [1.54, 1.807) is 24.3 Å². The molecule has 3 N–H and O–H groups in total. The number of hydrogen-bond donors (Lipinski definition) is 3. The SMILES string of the molecule is CC(C)NC(=O)Nc1ccccc1NC(=O)Cc1coc(-c2ccccc2)n1. The van der Waals surface area contributed by atoms with Crippen LogP contribution in [0.5, 0.6) is 0 Å². The van der Waals surface area contributed by atoms with E-state index in [1.165, 1.54) is 6.26 Å². The Bertz CT molecular complexity index is 951. The van der Waals surface area contributed by atoms with Crippen LogP contribution in [-0.4, -0.2) is 23.0 Å². The zero-order valence-electron chi connectivity index (χ0n) is 15.7. The fourth-order valence-corrected chi connectivity index (χ4v) is 2.58. The highest BCUT2D eigenvalue weighted by Gasteiger charge is 2.13. The minimum atomic E-state index is -0.333. The van der Waals surface area contributed by atoms with E-state index in [0.29, 0.717) is 23.0 Å². The van der Waals surface area contributed by atoms with Crippen LogP contribution in [0.3, 0.4) is 0 Å². The van der Waals surface area contributed by atoms with Crippen molar-refractivity contribution in [2.45, 2.75) is 26.3 Å². The maximum absolute atomic E-state index is 12.4. The standard InChI is InChI=1S/C21H22N4O3/c1-14(2)22-21(27)25-18-11-7-6-10-17(18)24-19(26)12-16-13-28-20(23-16)15-8-4-3-5-9-15/h3-11,13-14H,12H2,1-2H3,(H,24,26)(H2,22,25,27). The van der Waals surface area contributed by atoms with E-state index < -0.39 is 0 Å². The van der Waals surface area contributed by atoms with E-state index in [0.717, 1.165) is 5.56 Å². The van der Waals surface area contributed by atoms with Crippen LogP contribution in [0.1, 0.15) is 19.5 Å². The fraction of sp³-hybridized carbons (Fsp3) is 0.190. The molecular formula is C21H22N4O3. The summed E-state index contributed by atoms with van der Waals surface area (Å²) in [6.45, 7) is 3.74. The van der Waals surface area contributed by atoms with Gasteiger partial charge in [0.15, 0.2) is 0 Å². The Morgan fingerprint density at radius 3 is 2.29 bits per heavy atom. The normalized spacial score (nSPS) is 10.5. The molecule has 0 radical (unpaired) electrons. The summed E-state index contributed by atoms with van der Waals surface area (Å²) in [6, 6.07) is 16.2. The second-order valence-electron chi connectivity index (χ2n) is 6.53. The molecule has 0 aliphatic carbocycles. The first-order valence-corrected chi connectivity index (χ1v) is 8.97. The van der Waals surface area contributed by atoms with Gasteiger partial charge in [-0.05, 0) is 38.1 Å². The quantitative estimate of drug-likeness (QED) is 0.603. The number of aromatic nitrogens is 1. The van der Waals surface area contributed by atoms with E-state index in [4.69, 9.17) is 4.42 Å². The van der Waals surface area contributed by atoms with Crippen molar-refractivity contribution in [3.05, 3.63) is 66.6 Å². The topological polar surface area (TPSA) is 96.3 Å². The lowest BCUT2D eigenvalue weighted by molar-refractivity contribution is -0.115. The van der Waals surface area contributed by atoms with E-state index in [1.807, 2.05) is 44.2 Å². The predicted octanol–water partition coefficient (Wildman–Crippen LogP) is 4.05. The molecular weight excluding hydrogens is 356 g/mol. The summed E-state index contributed by atoms with van der Waals surface area (Å²) >= 11 is 0. The van der Waals surface area contributed by atoms with Crippen LogP contribution in [-0.2, 0) is 11.2 Å². The van der Waals surface area contributed by atoms with Crippen molar-refractivity contribution in [1.82, 2.24) is 10.3 Å². The number of carbonyl (C=O) groups is 2. The molecule has 1 aromatic heterocycles. The number of anilines is 2. The van der Waals surface area contributed by atoms with Crippen LogP contribution in [0.15, 0.2) is 65.3 Å². The number of amides is 3. The van der Waals surface area contributed by atoms with Crippen LogP contribution in [0.25, 0.3) is 11.5 Å². The summed E-state index contributed by atoms with van der Waals surface area (Å²) < 4.78 is 5.46. The average Bonchev–Trinajstić information content (AvgIpc) is 3.12. The summed E-state index contributed by atoms with van der Waals surface area (Å²) in [4.78, 5) is 28.7. The Kier molecular flexibility index (Phi) is 6.06. The molecule has 0 aliphatic rings. The van der Waals surface area contributed by atoms with Crippen LogP contribution in [0.2, 0.25) is 0 Å². The van der Waals surface area contributed by atoms with Gasteiger partial charge in [-0.2, -0.15) is 0 Å².